The molecule has 2 N–H and O–H groups in total. The van der Waals surface area contributed by atoms with Crippen molar-refractivity contribution in [2.75, 3.05) is 6.54 Å². The van der Waals surface area contributed by atoms with Gasteiger partial charge in [0.2, 0.25) is 10.0 Å². The maximum Gasteiger partial charge on any atom is 0.240 e. The average molecular weight is 239 g/mol. The Morgan fingerprint density at radius 3 is 2.88 bits per heavy atom. The topological polar surface area (TPSA) is 74.8 Å². The molecule has 2 rings (SSSR count). The van der Waals surface area contributed by atoms with Crippen LogP contribution in [0.5, 0.6) is 0 Å². The molecule has 0 aliphatic carbocycles. The summed E-state index contributed by atoms with van der Waals surface area (Å²) in [5.41, 5.74) is 1.50. The van der Waals surface area contributed by atoms with Gasteiger partial charge < -0.3 is 4.98 Å². The van der Waals surface area contributed by atoms with E-state index in [-0.39, 0.29) is 4.90 Å². The van der Waals surface area contributed by atoms with E-state index in [0.29, 0.717) is 6.54 Å². The summed E-state index contributed by atoms with van der Waals surface area (Å²) in [5, 5.41) is 0. The second-order valence-electron chi connectivity index (χ2n) is 3.50. The third-order valence-corrected chi connectivity index (χ3v) is 3.76. The predicted octanol–water partition coefficient (Wildman–Crippen LogP) is 1.17. The Kier molecular flexibility index (Phi) is 2.69. The summed E-state index contributed by atoms with van der Waals surface area (Å²) in [6.07, 6.45) is 0. The molecular formula is C10H13N3O2S. The van der Waals surface area contributed by atoms with E-state index >= 15 is 0 Å². The van der Waals surface area contributed by atoms with Gasteiger partial charge in [-0.25, -0.2) is 18.1 Å². The van der Waals surface area contributed by atoms with Gasteiger partial charge in [-0.3, -0.25) is 0 Å². The third kappa shape index (κ3) is 1.94. The molecule has 86 valence electrons. The van der Waals surface area contributed by atoms with E-state index in [1.54, 1.807) is 25.1 Å². The number of hydrogen-bond acceptors (Lipinski definition) is 3. The summed E-state index contributed by atoms with van der Waals surface area (Å²) >= 11 is 0. The summed E-state index contributed by atoms with van der Waals surface area (Å²) in [6.45, 7) is 3.96. The van der Waals surface area contributed by atoms with Crippen molar-refractivity contribution in [1.29, 1.82) is 0 Å². The highest BCUT2D eigenvalue weighted by molar-refractivity contribution is 7.89. The Morgan fingerprint density at radius 2 is 2.19 bits per heavy atom. The third-order valence-electron chi connectivity index (χ3n) is 2.22. The minimum absolute atomic E-state index is 0.255. The van der Waals surface area contributed by atoms with E-state index < -0.39 is 10.0 Å². The number of H-pyrrole nitrogens is 1. The van der Waals surface area contributed by atoms with Crippen LogP contribution in [0, 0.1) is 6.92 Å². The molecule has 0 saturated carbocycles. The van der Waals surface area contributed by atoms with E-state index in [1.165, 1.54) is 0 Å². The molecule has 0 saturated heterocycles. The molecule has 5 nitrogen and oxygen atoms in total. The molecule has 16 heavy (non-hydrogen) atoms. The van der Waals surface area contributed by atoms with Gasteiger partial charge in [-0.05, 0) is 25.1 Å². The number of aromatic amines is 1. The molecule has 2 aromatic rings. The standard InChI is InChI=1S/C10H13N3O2S/c1-3-11-16(14,15)8-4-5-9-10(6-8)13-7(2)12-9/h4-6,11H,3H2,1-2H3,(H,12,13). The van der Waals surface area contributed by atoms with Crippen LogP contribution in [0.1, 0.15) is 12.7 Å². The van der Waals surface area contributed by atoms with Crippen LogP contribution >= 0.6 is 0 Å². The second kappa shape index (κ2) is 3.88. The zero-order chi connectivity index (χ0) is 11.8. The van der Waals surface area contributed by atoms with Crippen molar-refractivity contribution in [1.82, 2.24) is 14.7 Å². The first-order valence-electron chi connectivity index (χ1n) is 4.99. The van der Waals surface area contributed by atoms with Gasteiger partial charge in [-0.2, -0.15) is 0 Å². The van der Waals surface area contributed by atoms with Gasteiger partial charge in [0.1, 0.15) is 5.82 Å². The van der Waals surface area contributed by atoms with Gasteiger partial charge in [-0.15, -0.1) is 0 Å². The number of fused-ring (bicyclic) bond motifs is 1. The first kappa shape index (κ1) is 11.1. The molecule has 6 heteroatoms. The molecule has 0 fully saturated rings. The van der Waals surface area contributed by atoms with E-state index in [1.807, 2.05) is 6.92 Å². The maximum atomic E-state index is 11.7. The number of aromatic nitrogens is 2. The summed E-state index contributed by atoms with van der Waals surface area (Å²) in [5.74, 6) is 0.771. The fraction of sp³-hybridized carbons (Fsp3) is 0.300. The van der Waals surface area contributed by atoms with Crippen LogP contribution in [0.3, 0.4) is 0 Å². The number of aryl methyl sites for hydroxylation is 1. The highest BCUT2D eigenvalue weighted by Crippen LogP contribution is 2.16. The minimum atomic E-state index is -3.39. The van der Waals surface area contributed by atoms with Crippen molar-refractivity contribution < 1.29 is 8.42 Å². The molecule has 0 radical (unpaired) electrons. The van der Waals surface area contributed by atoms with E-state index in [2.05, 4.69) is 14.7 Å². The van der Waals surface area contributed by atoms with Crippen LogP contribution in [0.2, 0.25) is 0 Å². The van der Waals surface area contributed by atoms with Crippen LogP contribution < -0.4 is 4.72 Å². The predicted molar refractivity (Wildman–Crippen MR) is 61.7 cm³/mol. The fourth-order valence-electron chi connectivity index (χ4n) is 1.56. The second-order valence-corrected chi connectivity index (χ2v) is 5.27. The van der Waals surface area contributed by atoms with E-state index in [4.69, 9.17) is 0 Å². The van der Waals surface area contributed by atoms with Crippen LogP contribution in [0.4, 0.5) is 0 Å². The molecule has 0 bridgehead atoms. The summed E-state index contributed by atoms with van der Waals surface area (Å²) in [6, 6.07) is 4.84. The molecular weight excluding hydrogens is 226 g/mol. The molecule has 0 amide bonds. The number of rotatable bonds is 3. The fourth-order valence-corrected chi connectivity index (χ4v) is 2.62. The summed E-state index contributed by atoms with van der Waals surface area (Å²) < 4.78 is 25.9. The normalized spacial score (nSPS) is 12.1. The van der Waals surface area contributed by atoms with Crippen LogP contribution in [0.25, 0.3) is 11.0 Å². The van der Waals surface area contributed by atoms with Crippen LogP contribution in [0.15, 0.2) is 23.1 Å². The number of nitrogens with zero attached hydrogens (tertiary/aromatic N) is 1. The van der Waals surface area contributed by atoms with Gasteiger partial charge in [0.05, 0.1) is 15.9 Å². The van der Waals surface area contributed by atoms with Crippen molar-refractivity contribution in [3.05, 3.63) is 24.0 Å². The molecule has 1 aromatic heterocycles. The molecule has 1 heterocycles. The monoisotopic (exact) mass is 239 g/mol. The Morgan fingerprint density at radius 1 is 1.44 bits per heavy atom. The van der Waals surface area contributed by atoms with Gasteiger partial charge >= 0.3 is 0 Å². The van der Waals surface area contributed by atoms with Crippen LogP contribution in [-0.2, 0) is 10.0 Å². The lowest BCUT2D eigenvalue weighted by molar-refractivity contribution is 0.584. The van der Waals surface area contributed by atoms with Gasteiger partial charge in [0.25, 0.3) is 0 Å². The largest absolute Gasteiger partial charge is 0.342 e. The molecule has 0 aliphatic heterocycles. The number of sulfonamides is 1. The van der Waals surface area contributed by atoms with Crippen molar-refractivity contribution >= 4 is 21.1 Å². The van der Waals surface area contributed by atoms with Gasteiger partial charge in [-0.1, -0.05) is 6.92 Å². The van der Waals surface area contributed by atoms with Gasteiger partial charge in [0.15, 0.2) is 0 Å². The van der Waals surface area contributed by atoms with Crippen molar-refractivity contribution in [2.24, 2.45) is 0 Å². The zero-order valence-electron chi connectivity index (χ0n) is 9.11. The lowest BCUT2D eigenvalue weighted by atomic mass is 10.3. The van der Waals surface area contributed by atoms with Crippen molar-refractivity contribution in [3.8, 4) is 0 Å². The molecule has 0 unspecified atom stereocenters. The average Bonchev–Trinajstić information content (AvgIpc) is 2.56. The number of nitrogens with one attached hydrogen (secondary N) is 2. The minimum Gasteiger partial charge on any atom is -0.342 e. The van der Waals surface area contributed by atoms with Crippen molar-refractivity contribution in [3.63, 3.8) is 0 Å². The first-order chi connectivity index (χ1) is 7.53. The number of imidazole rings is 1. The molecule has 1 aromatic carbocycles. The Bertz CT molecular complexity index is 616. The Balaban J connectivity index is 2.54. The summed E-state index contributed by atoms with van der Waals surface area (Å²) in [7, 11) is -3.39. The SMILES string of the molecule is CCNS(=O)(=O)c1ccc2nc(C)[nH]c2c1. The van der Waals surface area contributed by atoms with Crippen LogP contribution in [-0.4, -0.2) is 24.9 Å². The Labute approximate surface area is 93.9 Å². The first-order valence-corrected chi connectivity index (χ1v) is 6.47. The van der Waals surface area contributed by atoms with Gasteiger partial charge in [0, 0.05) is 6.54 Å². The number of hydrogen-bond donors (Lipinski definition) is 2. The van der Waals surface area contributed by atoms with E-state index in [0.717, 1.165) is 16.9 Å². The van der Waals surface area contributed by atoms with Crippen molar-refractivity contribution in [2.45, 2.75) is 18.7 Å². The Hall–Kier alpha value is -1.40. The molecule has 0 aliphatic rings. The highest BCUT2D eigenvalue weighted by Gasteiger charge is 2.13. The smallest absolute Gasteiger partial charge is 0.240 e. The highest BCUT2D eigenvalue weighted by atomic mass is 32.2. The lowest BCUT2D eigenvalue weighted by Crippen LogP contribution is -2.22. The summed E-state index contributed by atoms with van der Waals surface area (Å²) in [4.78, 5) is 7.48. The number of benzene rings is 1. The maximum absolute atomic E-state index is 11.7. The lowest BCUT2D eigenvalue weighted by Gasteiger charge is -2.03. The van der Waals surface area contributed by atoms with E-state index in [9.17, 15) is 8.42 Å². The quantitative estimate of drug-likeness (QED) is 0.844. The zero-order valence-corrected chi connectivity index (χ0v) is 9.93. The molecule has 0 atom stereocenters. The molecule has 0 spiro atoms.